The number of nitrogens with zero attached hydrogens (tertiary/aromatic N) is 2. The standard InChI is InChI=1S/C13H19N3O3/c1-2-9(7-14)13(18)16-5-6-19-8-11(16)12(17)15-10-3-4-10/h9-11H,2-6,8H2,1H3,(H,15,17). The molecule has 6 heteroatoms. The molecule has 1 N–H and O–H groups in total. The molecule has 2 unspecified atom stereocenters. The van der Waals surface area contributed by atoms with Crippen molar-refractivity contribution in [2.45, 2.75) is 38.3 Å². The van der Waals surface area contributed by atoms with Gasteiger partial charge >= 0.3 is 0 Å². The van der Waals surface area contributed by atoms with Crippen LogP contribution in [0.25, 0.3) is 0 Å². The van der Waals surface area contributed by atoms with Gasteiger partial charge in [0.05, 0.1) is 19.3 Å². The number of rotatable bonds is 4. The van der Waals surface area contributed by atoms with Crippen molar-refractivity contribution in [3.63, 3.8) is 0 Å². The van der Waals surface area contributed by atoms with Crippen molar-refractivity contribution < 1.29 is 14.3 Å². The van der Waals surface area contributed by atoms with E-state index in [0.29, 0.717) is 19.6 Å². The van der Waals surface area contributed by atoms with Crippen LogP contribution in [0.1, 0.15) is 26.2 Å². The molecule has 0 bridgehead atoms. The van der Waals surface area contributed by atoms with Crippen LogP contribution in [0.5, 0.6) is 0 Å². The number of hydrogen-bond acceptors (Lipinski definition) is 4. The highest BCUT2D eigenvalue weighted by Crippen LogP contribution is 2.20. The van der Waals surface area contributed by atoms with Crippen molar-refractivity contribution in [3.05, 3.63) is 0 Å². The van der Waals surface area contributed by atoms with Crippen LogP contribution < -0.4 is 5.32 Å². The van der Waals surface area contributed by atoms with Crippen LogP contribution in [0.3, 0.4) is 0 Å². The molecule has 0 radical (unpaired) electrons. The Morgan fingerprint density at radius 3 is 2.84 bits per heavy atom. The minimum Gasteiger partial charge on any atom is -0.377 e. The van der Waals surface area contributed by atoms with E-state index in [1.54, 1.807) is 6.92 Å². The molecule has 2 atom stereocenters. The number of nitrogens with one attached hydrogen (secondary N) is 1. The SMILES string of the molecule is CCC(C#N)C(=O)N1CCOCC1C(=O)NC1CC1. The van der Waals surface area contributed by atoms with Gasteiger partial charge in [0.15, 0.2) is 0 Å². The van der Waals surface area contributed by atoms with Gasteiger partial charge in [-0.05, 0) is 19.3 Å². The number of amides is 2. The second-order valence-electron chi connectivity index (χ2n) is 5.00. The average Bonchev–Trinajstić information content (AvgIpc) is 3.24. The van der Waals surface area contributed by atoms with Gasteiger partial charge in [-0.2, -0.15) is 5.26 Å². The van der Waals surface area contributed by atoms with Crippen molar-refractivity contribution in [1.29, 1.82) is 5.26 Å². The third kappa shape index (κ3) is 3.24. The summed E-state index contributed by atoms with van der Waals surface area (Å²) in [4.78, 5) is 25.8. The van der Waals surface area contributed by atoms with E-state index in [4.69, 9.17) is 10.00 Å². The molecule has 1 saturated heterocycles. The Hall–Kier alpha value is -1.61. The second kappa shape index (κ2) is 6.02. The van der Waals surface area contributed by atoms with Gasteiger partial charge in [-0.1, -0.05) is 6.92 Å². The predicted molar refractivity (Wildman–Crippen MR) is 66.9 cm³/mol. The van der Waals surface area contributed by atoms with E-state index < -0.39 is 12.0 Å². The average molecular weight is 265 g/mol. The van der Waals surface area contributed by atoms with E-state index in [2.05, 4.69) is 5.32 Å². The van der Waals surface area contributed by atoms with Crippen molar-refractivity contribution in [2.75, 3.05) is 19.8 Å². The van der Waals surface area contributed by atoms with Gasteiger partial charge in [0, 0.05) is 12.6 Å². The first-order chi connectivity index (χ1) is 9.17. The number of carbonyl (C=O) groups excluding carboxylic acids is 2. The van der Waals surface area contributed by atoms with Gasteiger partial charge < -0.3 is 15.0 Å². The summed E-state index contributed by atoms with van der Waals surface area (Å²) in [5.41, 5.74) is 0. The zero-order chi connectivity index (χ0) is 13.8. The van der Waals surface area contributed by atoms with E-state index in [9.17, 15) is 9.59 Å². The molecular weight excluding hydrogens is 246 g/mol. The molecule has 0 aromatic carbocycles. The Labute approximate surface area is 112 Å². The fourth-order valence-corrected chi connectivity index (χ4v) is 2.13. The lowest BCUT2D eigenvalue weighted by Gasteiger charge is -2.35. The van der Waals surface area contributed by atoms with Crippen LogP contribution in [-0.2, 0) is 14.3 Å². The smallest absolute Gasteiger partial charge is 0.245 e. The first kappa shape index (κ1) is 13.8. The zero-order valence-electron chi connectivity index (χ0n) is 11.1. The lowest BCUT2D eigenvalue weighted by atomic mass is 10.0. The van der Waals surface area contributed by atoms with Gasteiger partial charge in [-0.25, -0.2) is 0 Å². The van der Waals surface area contributed by atoms with Crippen LogP contribution in [-0.4, -0.2) is 48.6 Å². The Morgan fingerprint density at radius 2 is 2.26 bits per heavy atom. The fraction of sp³-hybridized carbons (Fsp3) is 0.769. The van der Waals surface area contributed by atoms with Gasteiger partial charge in [-0.3, -0.25) is 9.59 Å². The van der Waals surface area contributed by atoms with Crippen molar-refractivity contribution >= 4 is 11.8 Å². The predicted octanol–water partition coefficient (Wildman–Crippen LogP) is 0.0422. The topological polar surface area (TPSA) is 82.4 Å². The summed E-state index contributed by atoms with van der Waals surface area (Å²) >= 11 is 0. The molecule has 19 heavy (non-hydrogen) atoms. The molecule has 0 spiro atoms. The minimum atomic E-state index is -0.672. The summed E-state index contributed by atoms with van der Waals surface area (Å²) < 4.78 is 5.30. The Balaban J connectivity index is 2.04. The number of ether oxygens (including phenoxy) is 1. The van der Waals surface area contributed by atoms with Crippen LogP contribution in [0, 0.1) is 17.2 Å². The summed E-state index contributed by atoms with van der Waals surface area (Å²) in [6.45, 7) is 2.80. The third-order valence-electron chi connectivity index (χ3n) is 3.50. The highest BCUT2D eigenvalue weighted by molar-refractivity contribution is 5.90. The van der Waals surface area contributed by atoms with Gasteiger partial charge in [0.1, 0.15) is 12.0 Å². The van der Waals surface area contributed by atoms with E-state index >= 15 is 0 Å². The van der Waals surface area contributed by atoms with Gasteiger partial charge in [0.25, 0.3) is 0 Å². The Bertz CT molecular complexity index is 400. The largest absolute Gasteiger partial charge is 0.377 e. The fourth-order valence-electron chi connectivity index (χ4n) is 2.13. The molecule has 0 aromatic heterocycles. The molecule has 1 heterocycles. The normalized spacial score (nSPS) is 24.4. The van der Waals surface area contributed by atoms with Crippen LogP contribution >= 0.6 is 0 Å². The van der Waals surface area contributed by atoms with Crippen LogP contribution in [0.4, 0.5) is 0 Å². The highest BCUT2D eigenvalue weighted by atomic mass is 16.5. The zero-order valence-corrected chi connectivity index (χ0v) is 11.1. The van der Waals surface area contributed by atoms with Crippen LogP contribution in [0.2, 0.25) is 0 Å². The van der Waals surface area contributed by atoms with Crippen molar-refractivity contribution in [1.82, 2.24) is 10.2 Å². The summed E-state index contributed by atoms with van der Waals surface area (Å²) in [6.07, 6.45) is 2.47. The maximum Gasteiger partial charge on any atom is 0.245 e. The summed E-state index contributed by atoms with van der Waals surface area (Å²) in [5, 5.41) is 11.9. The summed E-state index contributed by atoms with van der Waals surface area (Å²) in [5.74, 6) is -1.10. The molecule has 2 aliphatic rings. The van der Waals surface area contributed by atoms with Crippen molar-refractivity contribution in [3.8, 4) is 6.07 Å². The third-order valence-corrected chi connectivity index (χ3v) is 3.50. The molecular formula is C13H19N3O3. The second-order valence-corrected chi connectivity index (χ2v) is 5.00. The first-order valence-electron chi connectivity index (χ1n) is 6.75. The number of morpholine rings is 1. The van der Waals surface area contributed by atoms with Gasteiger partial charge in [-0.15, -0.1) is 0 Å². The first-order valence-corrected chi connectivity index (χ1v) is 6.75. The molecule has 2 amide bonds. The number of hydrogen-bond donors (Lipinski definition) is 1. The van der Waals surface area contributed by atoms with E-state index in [1.807, 2.05) is 6.07 Å². The molecule has 6 nitrogen and oxygen atoms in total. The molecule has 1 aliphatic heterocycles. The molecule has 1 aliphatic carbocycles. The molecule has 1 saturated carbocycles. The molecule has 2 fully saturated rings. The molecule has 0 aromatic rings. The van der Waals surface area contributed by atoms with E-state index in [0.717, 1.165) is 12.8 Å². The monoisotopic (exact) mass is 265 g/mol. The maximum atomic E-state index is 12.2. The Morgan fingerprint density at radius 1 is 1.53 bits per heavy atom. The van der Waals surface area contributed by atoms with E-state index in [-0.39, 0.29) is 24.5 Å². The number of carbonyl (C=O) groups is 2. The Kier molecular flexibility index (Phi) is 4.38. The lowest BCUT2D eigenvalue weighted by molar-refractivity contribution is -0.150. The number of nitriles is 1. The highest BCUT2D eigenvalue weighted by Gasteiger charge is 2.37. The maximum absolute atomic E-state index is 12.2. The minimum absolute atomic E-state index is 0.164. The summed E-state index contributed by atoms with van der Waals surface area (Å²) in [6, 6.07) is 1.66. The summed E-state index contributed by atoms with van der Waals surface area (Å²) in [7, 11) is 0. The van der Waals surface area contributed by atoms with Crippen molar-refractivity contribution in [2.24, 2.45) is 5.92 Å². The molecule has 104 valence electrons. The quantitative estimate of drug-likeness (QED) is 0.778. The molecule has 2 rings (SSSR count). The van der Waals surface area contributed by atoms with Gasteiger partial charge in [0.2, 0.25) is 11.8 Å². The lowest BCUT2D eigenvalue weighted by Crippen LogP contribution is -2.57. The van der Waals surface area contributed by atoms with Crippen LogP contribution in [0.15, 0.2) is 0 Å². The van der Waals surface area contributed by atoms with E-state index in [1.165, 1.54) is 4.90 Å².